The largest absolute Gasteiger partial charge is 0.512 e. The molecule has 2 heterocycles. The van der Waals surface area contributed by atoms with Crippen molar-refractivity contribution in [2.24, 2.45) is 0 Å². The second kappa shape index (κ2) is 10.2. The average Bonchev–Trinajstić information content (AvgIpc) is 3.36. The van der Waals surface area contributed by atoms with Gasteiger partial charge in [-0.1, -0.05) is 47.6 Å². The predicted octanol–water partition coefficient (Wildman–Crippen LogP) is 5.40. The molecule has 3 aromatic rings. The fourth-order valence-corrected chi connectivity index (χ4v) is 7.17. The Morgan fingerprint density at radius 1 is 1.05 bits per heavy atom. The van der Waals surface area contributed by atoms with E-state index in [9.17, 15) is 18.3 Å². The Hall–Kier alpha value is -3.74. The molecule has 0 saturated carbocycles. The summed E-state index contributed by atoms with van der Waals surface area (Å²) in [4.78, 5) is 12.5. The molecule has 0 spiro atoms. The molecule has 0 aromatic heterocycles. The number of methoxy groups -OCH3 is 2. The van der Waals surface area contributed by atoms with Gasteiger partial charge in [0.15, 0.2) is 11.5 Å². The van der Waals surface area contributed by atoms with Crippen LogP contribution in [0.4, 0.5) is 4.79 Å². The van der Waals surface area contributed by atoms with Crippen molar-refractivity contribution in [1.82, 2.24) is 4.31 Å². The van der Waals surface area contributed by atoms with E-state index in [1.807, 2.05) is 0 Å². The van der Waals surface area contributed by atoms with Crippen molar-refractivity contribution in [2.45, 2.75) is 16.3 Å². The van der Waals surface area contributed by atoms with Crippen LogP contribution in [-0.2, 0) is 21.3 Å². The minimum Gasteiger partial charge on any atom is -0.495 e. The van der Waals surface area contributed by atoms with Gasteiger partial charge < -0.3 is 28.8 Å². The number of nitrogens with zero attached hydrogens (tertiary/aromatic N) is 1. The molecule has 0 bridgehead atoms. The average molecular weight is 578 g/mol. The van der Waals surface area contributed by atoms with Gasteiger partial charge in [0.25, 0.3) is 10.0 Å². The first-order valence-electron chi connectivity index (χ1n) is 11.0. The van der Waals surface area contributed by atoms with E-state index in [2.05, 4.69) is 0 Å². The maximum atomic E-state index is 13.8. The van der Waals surface area contributed by atoms with E-state index in [0.29, 0.717) is 38.5 Å². The van der Waals surface area contributed by atoms with Crippen LogP contribution in [0, 0.1) is 0 Å². The topological polar surface area (TPSA) is 121 Å². The lowest BCUT2D eigenvalue weighted by molar-refractivity contribution is 0.101. The monoisotopic (exact) mass is 577 g/mol. The summed E-state index contributed by atoms with van der Waals surface area (Å²) in [6, 6.07) is 14.4. The second-order valence-corrected chi connectivity index (χ2v) is 11.2. The third kappa shape index (κ3) is 4.66. The highest BCUT2D eigenvalue weighted by Gasteiger charge is 2.40. The van der Waals surface area contributed by atoms with E-state index in [1.54, 1.807) is 48.5 Å². The number of carboxylic acid groups (broad SMARTS) is 1. The number of thioether (sulfide) groups is 1. The Balaban J connectivity index is 1.71. The van der Waals surface area contributed by atoms with Gasteiger partial charge in [0.2, 0.25) is 12.7 Å². The van der Waals surface area contributed by atoms with Crippen LogP contribution in [0.5, 0.6) is 23.0 Å². The lowest BCUT2D eigenvalue weighted by Crippen LogP contribution is -2.36. The molecule has 13 heteroatoms. The first-order chi connectivity index (χ1) is 18.2. The van der Waals surface area contributed by atoms with Crippen molar-refractivity contribution in [1.29, 1.82) is 0 Å². The molecule has 2 aliphatic rings. The smallest absolute Gasteiger partial charge is 0.495 e. The number of benzene rings is 3. The molecule has 0 radical (unpaired) electrons. The normalized spacial score (nSPS) is 15.2. The van der Waals surface area contributed by atoms with Gasteiger partial charge >= 0.3 is 6.16 Å². The summed E-state index contributed by atoms with van der Waals surface area (Å²) in [7, 11) is -1.34. The Kier molecular flexibility index (Phi) is 6.95. The fraction of sp³-hybridized carbons (Fsp3) is 0.160. The number of ether oxygens (including phenoxy) is 5. The molecular formula is C25H20ClNO9S2. The third-order valence-corrected chi connectivity index (χ3v) is 8.91. The standard InChI is InChI=1S/C25H20ClNO9S2/c1-32-19-10-15(26)11-20(33-2)23(19)37-22-16-5-3-4-6-21(16)38(30,31)27(24(22)36-25(28)29)12-14-7-8-17-18(9-14)35-13-34-17/h3-11H,12-13H2,1-2H3,(H,28,29). The Morgan fingerprint density at radius 2 is 1.74 bits per heavy atom. The number of hydrogen-bond donors (Lipinski definition) is 1. The molecule has 0 unspecified atom stereocenters. The molecule has 0 saturated heterocycles. The molecule has 5 rings (SSSR count). The Labute approximate surface area is 227 Å². The molecule has 198 valence electrons. The molecule has 10 nitrogen and oxygen atoms in total. The van der Waals surface area contributed by atoms with E-state index >= 15 is 0 Å². The van der Waals surface area contributed by atoms with Crippen molar-refractivity contribution in [3.8, 4) is 23.0 Å². The number of fused-ring (bicyclic) bond motifs is 2. The van der Waals surface area contributed by atoms with E-state index in [0.717, 1.165) is 16.1 Å². The zero-order chi connectivity index (χ0) is 27.0. The molecular weight excluding hydrogens is 558 g/mol. The molecule has 3 aromatic carbocycles. The minimum atomic E-state index is -4.24. The van der Waals surface area contributed by atoms with Crippen molar-refractivity contribution >= 4 is 44.4 Å². The molecule has 0 atom stereocenters. The minimum absolute atomic E-state index is 0.0205. The first-order valence-corrected chi connectivity index (χ1v) is 13.6. The lowest BCUT2D eigenvalue weighted by atomic mass is 10.2. The van der Waals surface area contributed by atoms with Gasteiger partial charge in [-0.05, 0) is 23.8 Å². The van der Waals surface area contributed by atoms with Gasteiger partial charge in [0.05, 0.1) is 35.5 Å². The second-order valence-electron chi connectivity index (χ2n) is 7.94. The quantitative estimate of drug-likeness (QED) is 0.365. The summed E-state index contributed by atoms with van der Waals surface area (Å²) in [5, 5.41) is 9.98. The number of carbonyl (C=O) groups is 1. The van der Waals surface area contributed by atoms with Gasteiger partial charge in [-0.25, -0.2) is 17.5 Å². The molecule has 0 fully saturated rings. The van der Waals surface area contributed by atoms with Crippen LogP contribution in [0.2, 0.25) is 5.02 Å². The van der Waals surface area contributed by atoms with E-state index < -0.39 is 22.1 Å². The van der Waals surface area contributed by atoms with E-state index in [-0.39, 0.29) is 28.7 Å². The summed E-state index contributed by atoms with van der Waals surface area (Å²) in [6.45, 7) is -0.193. The van der Waals surface area contributed by atoms with Crippen LogP contribution < -0.4 is 18.9 Å². The van der Waals surface area contributed by atoms with Crippen LogP contribution in [0.25, 0.3) is 4.91 Å². The SMILES string of the molecule is COc1cc(Cl)cc(OC)c1SC1=C(OC(=O)O)N(Cc2ccc3c(c2)OCO3)S(=O)(=O)c2ccccc21. The maximum Gasteiger partial charge on any atom is 0.512 e. The molecule has 0 aliphatic carbocycles. The van der Waals surface area contributed by atoms with E-state index in [4.69, 9.17) is 35.3 Å². The van der Waals surface area contributed by atoms with Crippen LogP contribution in [-0.4, -0.2) is 45.0 Å². The van der Waals surface area contributed by atoms with Gasteiger partial charge in [0.1, 0.15) is 11.5 Å². The van der Waals surface area contributed by atoms with Crippen molar-refractivity contribution in [3.63, 3.8) is 0 Å². The zero-order valence-electron chi connectivity index (χ0n) is 20.0. The van der Waals surface area contributed by atoms with Gasteiger partial charge in [0, 0.05) is 22.7 Å². The Bertz CT molecular complexity index is 1550. The molecule has 1 N–H and O–H groups in total. The van der Waals surface area contributed by atoms with Crippen molar-refractivity contribution in [3.05, 3.63) is 76.6 Å². The van der Waals surface area contributed by atoms with Gasteiger partial charge in [-0.2, -0.15) is 0 Å². The van der Waals surface area contributed by atoms with Crippen LogP contribution >= 0.6 is 23.4 Å². The van der Waals surface area contributed by atoms with Crippen molar-refractivity contribution in [2.75, 3.05) is 21.0 Å². The molecule has 2 aliphatic heterocycles. The predicted molar refractivity (Wildman–Crippen MR) is 138 cm³/mol. The number of rotatable bonds is 7. The molecule has 38 heavy (non-hydrogen) atoms. The molecule has 0 amide bonds. The number of halogens is 1. The summed E-state index contributed by atoms with van der Waals surface area (Å²) in [6.07, 6.45) is -1.68. The zero-order valence-corrected chi connectivity index (χ0v) is 22.4. The van der Waals surface area contributed by atoms with Crippen LogP contribution in [0.15, 0.2) is 70.3 Å². The lowest BCUT2D eigenvalue weighted by Gasteiger charge is -2.32. The number of sulfonamides is 1. The number of hydrogen-bond acceptors (Lipinski definition) is 9. The van der Waals surface area contributed by atoms with Crippen molar-refractivity contribution < 1.29 is 42.0 Å². The van der Waals surface area contributed by atoms with Gasteiger partial charge in [-0.3, -0.25) is 0 Å². The fourth-order valence-electron chi connectivity index (χ4n) is 4.03. The summed E-state index contributed by atoms with van der Waals surface area (Å²) in [5.74, 6) is 1.27. The first kappa shape index (κ1) is 25.9. The van der Waals surface area contributed by atoms with E-state index in [1.165, 1.54) is 20.3 Å². The maximum absolute atomic E-state index is 13.8. The van der Waals surface area contributed by atoms with Crippen LogP contribution in [0.1, 0.15) is 11.1 Å². The Morgan fingerprint density at radius 3 is 2.42 bits per heavy atom. The summed E-state index contributed by atoms with van der Waals surface area (Å²) < 4.78 is 55.5. The van der Waals surface area contributed by atoms with Gasteiger partial charge in [-0.15, -0.1) is 0 Å². The highest BCUT2D eigenvalue weighted by Crippen LogP contribution is 2.51. The highest BCUT2D eigenvalue weighted by molar-refractivity contribution is 8.08. The summed E-state index contributed by atoms with van der Waals surface area (Å²) in [5.41, 5.74) is 0.782. The highest BCUT2D eigenvalue weighted by atomic mass is 35.5. The van der Waals surface area contributed by atoms with Crippen LogP contribution in [0.3, 0.4) is 0 Å². The summed E-state index contributed by atoms with van der Waals surface area (Å²) >= 11 is 7.24. The third-order valence-electron chi connectivity index (χ3n) is 5.70.